The number of likely N-dealkylation sites (tertiary alicyclic amines) is 1. The summed E-state index contributed by atoms with van der Waals surface area (Å²) >= 11 is 6.22. The number of nitrogens with zero attached hydrogens (tertiary/aromatic N) is 1. The van der Waals surface area contributed by atoms with Crippen molar-refractivity contribution in [2.24, 2.45) is 5.92 Å². The molecular formula is C36H38ClNO5. The molecule has 1 aliphatic heterocycles. The highest BCUT2D eigenvalue weighted by atomic mass is 35.5. The van der Waals surface area contributed by atoms with Crippen molar-refractivity contribution < 1.29 is 19.1 Å². The van der Waals surface area contributed by atoms with E-state index >= 15 is 0 Å². The third kappa shape index (κ3) is 5.71. The van der Waals surface area contributed by atoms with Crippen molar-refractivity contribution in [3.63, 3.8) is 0 Å². The van der Waals surface area contributed by atoms with Crippen LogP contribution in [-0.4, -0.2) is 34.2 Å². The maximum atomic E-state index is 14.2. The van der Waals surface area contributed by atoms with Crippen molar-refractivity contribution >= 4 is 28.5 Å². The number of amides is 1. The highest BCUT2D eigenvalue weighted by molar-refractivity contribution is 6.30. The lowest BCUT2D eigenvalue weighted by molar-refractivity contribution is -0.161. The summed E-state index contributed by atoms with van der Waals surface area (Å²) in [5.74, 6) is 0.312. The van der Waals surface area contributed by atoms with Gasteiger partial charge in [-0.05, 0) is 86.6 Å². The van der Waals surface area contributed by atoms with Crippen molar-refractivity contribution in [1.29, 1.82) is 0 Å². The van der Waals surface area contributed by atoms with E-state index < -0.39 is 11.7 Å². The van der Waals surface area contributed by atoms with Gasteiger partial charge in [0.1, 0.15) is 11.3 Å². The largest absolute Gasteiger partial charge is 0.480 e. The standard InChI is InChI=1S/C36H38ClNO5/c1-22-19-30(32-23(2)28(35(40)43-31(32)20-22)21-25-9-5-4-6-10-25)42-24(3)34(39)38-18-17-36(41)16-8-7-11-29(36)33(38)26-12-14-27(37)15-13-26/h4-6,9-10,12-15,19-20,24,29,33,41H,7-8,11,16-18,21H2,1-3H3/t24-,29+,33-,36+/m0/s1. The molecule has 1 amide bonds. The zero-order chi connectivity index (χ0) is 30.3. The molecule has 4 aromatic rings. The number of rotatable bonds is 6. The Balaban J connectivity index is 1.34. The van der Waals surface area contributed by atoms with Gasteiger partial charge in [0, 0.05) is 29.5 Å². The first-order valence-electron chi connectivity index (χ1n) is 15.2. The van der Waals surface area contributed by atoms with Crippen LogP contribution in [0.25, 0.3) is 11.0 Å². The summed E-state index contributed by atoms with van der Waals surface area (Å²) in [7, 11) is 0. The molecule has 4 atom stereocenters. The Kier molecular flexibility index (Phi) is 8.10. The highest BCUT2D eigenvalue weighted by Gasteiger charge is 2.50. The van der Waals surface area contributed by atoms with E-state index in [9.17, 15) is 14.7 Å². The average molecular weight is 600 g/mol. The van der Waals surface area contributed by atoms with E-state index in [0.29, 0.717) is 46.7 Å². The summed E-state index contributed by atoms with van der Waals surface area (Å²) in [4.78, 5) is 29.2. The van der Waals surface area contributed by atoms with Crippen molar-refractivity contribution in [2.75, 3.05) is 6.54 Å². The van der Waals surface area contributed by atoms with E-state index in [0.717, 1.165) is 47.9 Å². The Morgan fingerprint density at radius 2 is 1.84 bits per heavy atom. The lowest BCUT2D eigenvalue weighted by Gasteiger charge is -2.53. The van der Waals surface area contributed by atoms with Crippen LogP contribution in [0.2, 0.25) is 5.02 Å². The Morgan fingerprint density at radius 3 is 2.58 bits per heavy atom. The molecule has 43 heavy (non-hydrogen) atoms. The maximum absolute atomic E-state index is 14.2. The molecule has 7 heteroatoms. The fourth-order valence-electron chi connectivity index (χ4n) is 7.21. The van der Waals surface area contributed by atoms with Crippen molar-refractivity contribution in [3.8, 4) is 5.75 Å². The molecule has 0 spiro atoms. The van der Waals surface area contributed by atoms with Gasteiger partial charge >= 0.3 is 5.63 Å². The molecule has 2 aliphatic rings. The normalized spacial score (nSPS) is 22.7. The summed E-state index contributed by atoms with van der Waals surface area (Å²) in [6, 6.07) is 20.9. The average Bonchev–Trinajstić information content (AvgIpc) is 2.98. The number of hydrogen-bond donors (Lipinski definition) is 1. The molecule has 6 rings (SSSR count). The highest BCUT2D eigenvalue weighted by Crippen LogP contribution is 2.49. The van der Waals surface area contributed by atoms with Crippen LogP contribution in [0.15, 0.2) is 75.9 Å². The molecule has 2 fully saturated rings. The van der Waals surface area contributed by atoms with E-state index in [1.807, 2.05) is 85.5 Å². The van der Waals surface area contributed by atoms with Gasteiger partial charge in [-0.15, -0.1) is 0 Å². The van der Waals surface area contributed by atoms with Crippen LogP contribution in [0.1, 0.15) is 72.9 Å². The third-order valence-corrected chi connectivity index (χ3v) is 9.68. The second kappa shape index (κ2) is 11.8. The topological polar surface area (TPSA) is 80.0 Å². The second-order valence-corrected chi connectivity index (χ2v) is 12.7. The molecule has 1 saturated heterocycles. The molecule has 1 aromatic heterocycles. The molecule has 0 unspecified atom stereocenters. The predicted molar refractivity (Wildman–Crippen MR) is 169 cm³/mol. The second-order valence-electron chi connectivity index (χ2n) is 12.3. The Hall–Kier alpha value is -3.61. The molecule has 1 aliphatic carbocycles. The summed E-state index contributed by atoms with van der Waals surface area (Å²) < 4.78 is 12.3. The van der Waals surface area contributed by atoms with E-state index in [-0.39, 0.29) is 23.5 Å². The summed E-state index contributed by atoms with van der Waals surface area (Å²) in [6.07, 6.45) is 3.80. The number of carbonyl (C=O) groups excluding carboxylic acids is 1. The molecule has 224 valence electrons. The maximum Gasteiger partial charge on any atom is 0.340 e. The van der Waals surface area contributed by atoms with Crippen LogP contribution in [-0.2, 0) is 11.2 Å². The predicted octanol–water partition coefficient (Wildman–Crippen LogP) is 7.32. The number of hydrogen-bond acceptors (Lipinski definition) is 5. The SMILES string of the molecule is Cc1cc(O[C@@H](C)C(=O)N2CC[C@]3(O)CCCC[C@@H]3[C@@H]2c2ccc(Cl)cc2)c2c(C)c(Cc3ccccc3)c(=O)oc2c1. The van der Waals surface area contributed by atoms with Crippen LogP contribution in [0.3, 0.4) is 0 Å². The molecule has 2 heterocycles. The number of benzene rings is 3. The Bertz CT molecular complexity index is 1700. The number of ether oxygens (including phenoxy) is 1. The smallest absolute Gasteiger partial charge is 0.340 e. The molecule has 1 saturated carbocycles. The van der Waals surface area contributed by atoms with Crippen molar-refractivity contribution in [1.82, 2.24) is 4.90 Å². The summed E-state index contributed by atoms with van der Waals surface area (Å²) in [6.45, 7) is 6.04. The van der Waals surface area contributed by atoms with Gasteiger partial charge in [-0.1, -0.05) is 66.9 Å². The fraction of sp³-hybridized carbons (Fsp3) is 0.389. The summed E-state index contributed by atoms with van der Waals surface area (Å²) in [5.41, 5.74) is 3.49. The van der Waals surface area contributed by atoms with Crippen LogP contribution in [0, 0.1) is 19.8 Å². The molecule has 1 N–H and O–H groups in total. The van der Waals surface area contributed by atoms with Gasteiger partial charge in [0.2, 0.25) is 0 Å². The Morgan fingerprint density at radius 1 is 1.09 bits per heavy atom. The molecular weight excluding hydrogens is 562 g/mol. The molecule has 0 bridgehead atoms. The number of aryl methyl sites for hydroxylation is 2. The van der Waals surface area contributed by atoms with E-state index in [1.54, 1.807) is 6.92 Å². The van der Waals surface area contributed by atoms with Crippen molar-refractivity contribution in [3.05, 3.63) is 110 Å². The zero-order valence-corrected chi connectivity index (χ0v) is 25.7. The van der Waals surface area contributed by atoms with Gasteiger partial charge in [-0.2, -0.15) is 0 Å². The lowest BCUT2D eigenvalue weighted by Crippen LogP contribution is -2.58. The van der Waals surface area contributed by atoms with Crippen molar-refractivity contribution in [2.45, 2.75) is 77.0 Å². The van der Waals surface area contributed by atoms with Gasteiger partial charge in [-0.3, -0.25) is 4.79 Å². The molecule has 3 aromatic carbocycles. The minimum atomic E-state index is -0.807. The van der Waals surface area contributed by atoms with Gasteiger partial charge < -0.3 is 19.2 Å². The Labute approximate surface area is 257 Å². The minimum Gasteiger partial charge on any atom is -0.480 e. The van der Waals surface area contributed by atoms with Gasteiger partial charge in [0.05, 0.1) is 17.0 Å². The first-order chi connectivity index (χ1) is 20.6. The molecule has 6 nitrogen and oxygen atoms in total. The minimum absolute atomic E-state index is 0.0656. The van der Waals surface area contributed by atoms with Gasteiger partial charge in [0.15, 0.2) is 6.10 Å². The summed E-state index contributed by atoms with van der Waals surface area (Å²) in [5, 5.41) is 13.0. The van der Waals surface area contributed by atoms with E-state index in [1.165, 1.54) is 0 Å². The quantitative estimate of drug-likeness (QED) is 0.235. The fourth-order valence-corrected chi connectivity index (χ4v) is 7.34. The van der Waals surface area contributed by atoms with Gasteiger partial charge in [-0.25, -0.2) is 4.79 Å². The number of halogens is 1. The monoisotopic (exact) mass is 599 g/mol. The first-order valence-corrected chi connectivity index (χ1v) is 15.6. The third-order valence-electron chi connectivity index (χ3n) is 9.42. The number of aliphatic hydroxyl groups is 1. The number of piperidine rings is 1. The number of carbonyl (C=O) groups is 1. The zero-order valence-electron chi connectivity index (χ0n) is 24.9. The van der Waals surface area contributed by atoms with E-state index in [4.69, 9.17) is 20.8 Å². The van der Waals surface area contributed by atoms with Crippen LogP contribution >= 0.6 is 11.6 Å². The lowest BCUT2D eigenvalue weighted by atomic mass is 9.66. The molecule has 0 radical (unpaired) electrons. The number of fused-ring (bicyclic) bond motifs is 2. The van der Waals surface area contributed by atoms with Crippen LogP contribution in [0.5, 0.6) is 5.75 Å². The first kappa shape index (κ1) is 29.5. The van der Waals surface area contributed by atoms with Gasteiger partial charge in [0.25, 0.3) is 5.91 Å². The van der Waals surface area contributed by atoms with E-state index in [2.05, 4.69) is 0 Å². The van der Waals surface area contributed by atoms with Crippen LogP contribution in [0.4, 0.5) is 0 Å². The van der Waals surface area contributed by atoms with Crippen LogP contribution < -0.4 is 10.4 Å².